The van der Waals surface area contributed by atoms with Gasteiger partial charge in [0.2, 0.25) is 11.6 Å². The van der Waals surface area contributed by atoms with Crippen molar-refractivity contribution in [1.82, 2.24) is 9.97 Å². The summed E-state index contributed by atoms with van der Waals surface area (Å²) in [6.07, 6.45) is 0. The van der Waals surface area contributed by atoms with Gasteiger partial charge < -0.3 is 10.2 Å². The maximum Gasteiger partial charge on any atom is 0.372 e. The van der Waals surface area contributed by atoms with Crippen molar-refractivity contribution in [3.63, 3.8) is 0 Å². The molecule has 0 aromatic carbocycles. The van der Waals surface area contributed by atoms with Crippen molar-refractivity contribution >= 4 is 5.97 Å². The van der Waals surface area contributed by atoms with Crippen LogP contribution in [0.15, 0.2) is 4.79 Å². The van der Waals surface area contributed by atoms with E-state index in [1.54, 1.807) is 4.98 Å². The minimum Gasteiger partial charge on any atom is -0.491 e. The predicted molar refractivity (Wildman–Crippen MR) is 33.4 cm³/mol. The van der Waals surface area contributed by atoms with E-state index >= 15 is 0 Å². The minimum atomic E-state index is -1.55. The van der Waals surface area contributed by atoms with Crippen molar-refractivity contribution in [1.29, 1.82) is 0 Å². The van der Waals surface area contributed by atoms with Crippen LogP contribution in [0, 0.1) is 5.82 Å². The van der Waals surface area contributed by atoms with E-state index in [1.165, 1.54) is 0 Å². The highest BCUT2D eigenvalue weighted by molar-refractivity contribution is 5.83. The van der Waals surface area contributed by atoms with Crippen molar-refractivity contribution in [3.8, 4) is 5.88 Å². The first-order valence-corrected chi connectivity index (χ1v) is 2.74. The molecule has 0 fully saturated rings. The Hall–Kier alpha value is -1.92. The molecule has 6 nitrogen and oxygen atoms in total. The molecule has 0 bridgehead atoms. The van der Waals surface area contributed by atoms with Gasteiger partial charge in [0.05, 0.1) is 0 Å². The Morgan fingerprint density at radius 2 is 2.17 bits per heavy atom. The largest absolute Gasteiger partial charge is 0.491 e. The summed E-state index contributed by atoms with van der Waals surface area (Å²) in [6, 6.07) is 0. The zero-order valence-electron chi connectivity index (χ0n) is 5.54. The lowest BCUT2D eigenvalue weighted by Gasteiger charge is -1.94. The maximum atomic E-state index is 12.3. The zero-order chi connectivity index (χ0) is 9.30. The standard InChI is InChI=1S/C5H3FN2O4/c6-1-3(9)7-2(5(11)12)8-4(1)10/h(H,11,12)(H2,7,8,9,10). The number of carboxylic acid groups (broad SMARTS) is 1. The van der Waals surface area contributed by atoms with Crippen LogP contribution < -0.4 is 5.56 Å². The van der Waals surface area contributed by atoms with E-state index in [2.05, 4.69) is 4.98 Å². The number of aromatic nitrogens is 2. The number of carboxylic acids is 1. The number of hydrogen-bond acceptors (Lipinski definition) is 4. The van der Waals surface area contributed by atoms with Crippen LogP contribution in [0.5, 0.6) is 5.88 Å². The van der Waals surface area contributed by atoms with E-state index < -0.39 is 29.1 Å². The molecule has 0 spiro atoms. The number of nitrogens with one attached hydrogen (secondary N) is 1. The molecule has 3 N–H and O–H groups in total. The summed E-state index contributed by atoms with van der Waals surface area (Å²) in [4.78, 5) is 25.1. The highest BCUT2D eigenvalue weighted by Gasteiger charge is 2.13. The summed E-state index contributed by atoms with van der Waals surface area (Å²) in [5.74, 6) is -5.09. The molecule has 0 atom stereocenters. The number of aromatic amines is 1. The van der Waals surface area contributed by atoms with Crippen molar-refractivity contribution in [2.45, 2.75) is 0 Å². The quantitative estimate of drug-likeness (QED) is 0.523. The summed E-state index contributed by atoms with van der Waals surface area (Å²) in [6.45, 7) is 0. The second-order valence-electron chi connectivity index (χ2n) is 1.86. The van der Waals surface area contributed by atoms with E-state index in [9.17, 15) is 14.0 Å². The highest BCUT2D eigenvalue weighted by Crippen LogP contribution is 2.04. The van der Waals surface area contributed by atoms with Crippen LogP contribution in [-0.2, 0) is 0 Å². The molecule has 0 radical (unpaired) electrons. The Bertz CT molecular complexity index is 386. The predicted octanol–water partition coefficient (Wildman–Crippen LogP) is -0.687. The van der Waals surface area contributed by atoms with Gasteiger partial charge in [-0.25, -0.2) is 4.79 Å². The van der Waals surface area contributed by atoms with Crippen molar-refractivity contribution in [2.24, 2.45) is 0 Å². The summed E-state index contributed by atoms with van der Waals surface area (Å²) in [5.41, 5.74) is -1.32. The number of hydrogen-bond donors (Lipinski definition) is 3. The van der Waals surface area contributed by atoms with Crippen molar-refractivity contribution < 1.29 is 19.4 Å². The SMILES string of the molecule is O=C(O)c1nc(O)c(F)c(=O)[nH]1. The summed E-state index contributed by atoms with van der Waals surface area (Å²) >= 11 is 0. The minimum absolute atomic E-state index is 0.807. The molecule has 0 aliphatic carbocycles. The fourth-order valence-corrected chi connectivity index (χ4v) is 0.548. The summed E-state index contributed by atoms with van der Waals surface area (Å²) in [5, 5.41) is 16.8. The Balaban J connectivity index is 3.41. The maximum absolute atomic E-state index is 12.3. The van der Waals surface area contributed by atoms with Crippen LogP contribution in [0.25, 0.3) is 0 Å². The van der Waals surface area contributed by atoms with Gasteiger partial charge in [0.1, 0.15) is 0 Å². The van der Waals surface area contributed by atoms with E-state index in [1.807, 2.05) is 0 Å². The van der Waals surface area contributed by atoms with Crippen LogP contribution in [0.4, 0.5) is 4.39 Å². The normalized spacial score (nSPS) is 9.75. The lowest BCUT2D eigenvalue weighted by Crippen LogP contribution is -2.18. The Morgan fingerprint density at radius 3 is 2.58 bits per heavy atom. The second kappa shape index (κ2) is 2.61. The first-order valence-electron chi connectivity index (χ1n) is 2.74. The number of H-pyrrole nitrogens is 1. The van der Waals surface area contributed by atoms with Gasteiger partial charge in [0, 0.05) is 0 Å². The number of nitrogens with zero attached hydrogens (tertiary/aromatic N) is 1. The fraction of sp³-hybridized carbons (Fsp3) is 0. The van der Waals surface area contributed by atoms with Crippen LogP contribution >= 0.6 is 0 Å². The average Bonchev–Trinajstić information content (AvgIpc) is 1.99. The number of aromatic carboxylic acids is 1. The molecular formula is C5H3FN2O4. The van der Waals surface area contributed by atoms with Gasteiger partial charge in [0.15, 0.2) is 0 Å². The number of aromatic hydroxyl groups is 1. The lowest BCUT2D eigenvalue weighted by atomic mass is 10.5. The van der Waals surface area contributed by atoms with Crippen LogP contribution in [0.2, 0.25) is 0 Å². The number of halogens is 1. The molecule has 1 rings (SSSR count). The molecule has 1 heterocycles. The molecule has 0 saturated carbocycles. The smallest absolute Gasteiger partial charge is 0.372 e. The molecule has 0 aliphatic heterocycles. The van der Waals surface area contributed by atoms with E-state index in [4.69, 9.17) is 10.2 Å². The molecule has 12 heavy (non-hydrogen) atoms. The monoisotopic (exact) mass is 174 g/mol. The highest BCUT2D eigenvalue weighted by atomic mass is 19.1. The summed E-state index contributed by atoms with van der Waals surface area (Å²) in [7, 11) is 0. The third-order valence-corrected chi connectivity index (χ3v) is 1.05. The van der Waals surface area contributed by atoms with Gasteiger partial charge in [-0.3, -0.25) is 9.78 Å². The zero-order valence-corrected chi connectivity index (χ0v) is 5.54. The second-order valence-corrected chi connectivity index (χ2v) is 1.86. The molecular weight excluding hydrogens is 171 g/mol. The first-order chi connectivity index (χ1) is 5.52. The van der Waals surface area contributed by atoms with Gasteiger partial charge in [0.25, 0.3) is 11.4 Å². The van der Waals surface area contributed by atoms with Crippen molar-refractivity contribution in [2.75, 3.05) is 0 Å². The molecule has 7 heteroatoms. The molecule has 0 amide bonds. The van der Waals surface area contributed by atoms with E-state index in [0.717, 1.165) is 0 Å². The third-order valence-electron chi connectivity index (χ3n) is 1.05. The van der Waals surface area contributed by atoms with Gasteiger partial charge in [-0.1, -0.05) is 0 Å². The Morgan fingerprint density at radius 1 is 1.58 bits per heavy atom. The summed E-state index contributed by atoms with van der Waals surface area (Å²) < 4.78 is 12.3. The van der Waals surface area contributed by atoms with E-state index in [0.29, 0.717) is 0 Å². The Labute approximate surface area is 64.3 Å². The first kappa shape index (κ1) is 8.18. The van der Waals surface area contributed by atoms with Crippen LogP contribution in [-0.4, -0.2) is 26.2 Å². The van der Waals surface area contributed by atoms with Crippen LogP contribution in [0.1, 0.15) is 10.6 Å². The van der Waals surface area contributed by atoms with Gasteiger partial charge in [-0.05, 0) is 0 Å². The Kier molecular flexibility index (Phi) is 1.78. The third kappa shape index (κ3) is 1.24. The topological polar surface area (TPSA) is 103 Å². The molecule has 0 unspecified atom stereocenters. The number of rotatable bonds is 1. The van der Waals surface area contributed by atoms with Gasteiger partial charge in [-0.15, -0.1) is 0 Å². The molecule has 0 aliphatic rings. The average molecular weight is 174 g/mol. The number of carbonyl (C=O) groups is 1. The molecule has 1 aromatic rings. The lowest BCUT2D eigenvalue weighted by molar-refractivity contribution is 0.0681. The van der Waals surface area contributed by atoms with Gasteiger partial charge >= 0.3 is 5.97 Å². The van der Waals surface area contributed by atoms with Crippen LogP contribution in [0.3, 0.4) is 0 Å². The molecule has 0 saturated heterocycles. The van der Waals surface area contributed by atoms with Gasteiger partial charge in [-0.2, -0.15) is 9.37 Å². The molecule has 64 valence electrons. The fourth-order valence-electron chi connectivity index (χ4n) is 0.548. The van der Waals surface area contributed by atoms with E-state index in [-0.39, 0.29) is 0 Å². The van der Waals surface area contributed by atoms with Crippen molar-refractivity contribution in [3.05, 3.63) is 22.0 Å². The molecule has 1 aromatic heterocycles.